The second kappa shape index (κ2) is 2.82. The van der Waals surface area contributed by atoms with Crippen molar-refractivity contribution in [2.75, 3.05) is 0 Å². The molecule has 4 heteroatoms. The molecule has 2 nitrogen and oxygen atoms in total. The van der Waals surface area contributed by atoms with Gasteiger partial charge in [0, 0.05) is 4.48 Å². The lowest BCUT2D eigenvalue weighted by Crippen LogP contribution is -2.13. The standard InChI is InChI=1S/C7H4BrIN2/c8-4-1-2-5-6(3-4)10-11-7(5)9/h1-3,5H/t5-/m1/s1. The van der Waals surface area contributed by atoms with Crippen molar-refractivity contribution in [3.8, 4) is 0 Å². The fourth-order valence-corrected chi connectivity index (χ4v) is 2.05. The van der Waals surface area contributed by atoms with Crippen molar-refractivity contribution in [1.82, 2.24) is 0 Å². The third-order valence-electron chi connectivity index (χ3n) is 1.57. The van der Waals surface area contributed by atoms with Crippen LogP contribution in [0.2, 0.25) is 0 Å². The Morgan fingerprint density at radius 2 is 2.27 bits per heavy atom. The average molecular weight is 323 g/mol. The van der Waals surface area contributed by atoms with Gasteiger partial charge in [-0.3, -0.25) is 0 Å². The van der Waals surface area contributed by atoms with Crippen molar-refractivity contribution in [3.63, 3.8) is 0 Å². The minimum atomic E-state index is 0.317. The molecule has 11 heavy (non-hydrogen) atoms. The Labute approximate surface area is 86.4 Å². The zero-order chi connectivity index (χ0) is 7.84. The Kier molecular flexibility index (Phi) is 1.97. The summed E-state index contributed by atoms with van der Waals surface area (Å²) in [5.41, 5.74) is 1.03. The predicted molar refractivity (Wildman–Crippen MR) is 58.5 cm³/mol. The van der Waals surface area contributed by atoms with Gasteiger partial charge in [-0.2, -0.15) is 5.10 Å². The zero-order valence-electron chi connectivity index (χ0n) is 5.46. The summed E-state index contributed by atoms with van der Waals surface area (Å²) in [6, 6.07) is 0. The van der Waals surface area contributed by atoms with Crippen LogP contribution in [0.25, 0.3) is 0 Å². The largest absolute Gasteiger partial charge is 0.154 e. The fourth-order valence-electron chi connectivity index (χ4n) is 1.03. The molecule has 1 aliphatic heterocycles. The molecule has 0 radical (unpaired) electrons. The molecule has 2 rings (SSSR count). The number of hydrogen-bond acceptors (Lipinski definition) is 2. The zero-order valence-corrected chi connectivity index (χ0v) is 9.20. The summed E-state index contributed by atoms with van der Waals surface area (Å²) in [7, 11) is 0. The third kappa shape index (κ3) is 1.33. The monoisotopic (exact) mass is 322 g/mol. The molecule has 0 aromatic rings. The molecule has 1 atom stereocenters. The van der Waals surface area contributed by atoms with E-state index in [1.165, 1.54) is 0 Å². The average Bonchev–Trinajstić information content (AvgIpc) is 2.32. The number of nitrogens with zero attached hydrogens (tertiary/aromatic N) is 2. The van der Waals surface area contributed by atoms with Crippen LogP contribution in [0.5, 0.6) is 0 Å². The van der Waals surface area contributed by atoms with Gasteiger partial charge in [0.25, 0.3) is 0 Å². The number of allylic oxidation sites excluding steroid dienone is 4. The van der Waals surface area contributed by atoms with Gasteiger partial charge in [-0.25, -0.2) is 0 Å². The highest BCUT2D eigenvalue weighted by Crippen LogP contribution is 2.25. The van der Waals surface area contributed by atoms with E-state index in [1.54, 1.807) is 0 Å². The first-order chi connectivity index (χ1) is 5.27. The van der Waals surface area contributed by atoms with Crippen LogP contribution in [0, 0.1) is 5.92 Å². The Morgan fingerprint density at radius 3 is 3.09 bits per heavy atom. The fraction of sp³-hybridized carbons (Fsp3) is 0.143. The minimum Gasteiger partial charge on any atom is -0.154 e. The molecule has 0 saturated carbocycles. The summed E-state index contributed by atoms with van der Waals surface area (Å²) in [6.07, 6.45) is 6.13. The number of hydrogen-bond donors (Lipinski definition) is 0. The van der Waals surface area contributed by atoms with Crippen LogP contribution >= 0.6 is 38.5 Å². The molecule has 1 heterocycles. The van der Waals surface area contributed by atoms with Crippen molar-refractivity contribution in [3.05, 3.63) is 22.7 Å². The Balaban J connectivity index is 2.38. The van der Waals surface area contributed by atoms with Gasteiger partial charge in [0.1, 0.15) is 3.72 Å². The topological polar surface area (TPSA) is 24.7 Å². The van der Waals surface area contributed by atoms with E-state index >= 15 is 0 Å². The number of halogens is 2. The molecule has 0 N–H and O–H groups in total. The lowest BCUT2D eigenvalue weighted by Gasteiger charge is -2.08. The first-order valence-corrected chi connectivity index (χ1v) is 5.01. The highest BCUT2D eigenvalue weighted by Gasteiger charge is 2.23. The lowest BCUT2D eigenvalue weighted by atomic mass is 10.0. The van der Waals surface area contributed by atoms with Gasteiger partial charge in [0.05, 0.1) is 11.6 Å². The van der Waals surface area contributed by atoms with E-state index < -0.39 is 0 Å². The maximum Gasteiger partial charge on any atom is 0.114 e. The van der Waals surface area contributed by atoms with Gasteiger partial charge in [0.2, 0.25) is 0 Å². The second-order valence-electron chi connectivity index (χ2n) is 2.31. The smallest absolute Gasteiger partial charge is 0.114 e. The van der Waals surface area contributed by atoms with Gasteiger partial charge in [0.15, 0.2) is 0 Å². The first-order valence-electron chi connectivity index (χ1n) is 3.14. The normalized spacial score (nSPS) is 27.5. The van der Waals surface area contributed by atoms with E-state index in [2.05, 4.69) is 54.8 Å². The SMILES string of the molecule is BrC1=CC2=NN=C(I)[C@@H]2C=C1. The molecule has 1 aliphatic carbocycles. The molecule has 0 spiro atoms. The van der Waals surface area contributed by atoms with Gasteiger partial charge in [-0.15, -0.1) is 5.10 Å². The lowest BCUT2D eigenvalue weighted by molar-refractivity contribution is 1.26. The maximum absolute atomic E-state index is 4.03. The number of rotatable bonds is 0. The molecule has 0 saturated heterocycles. The van der Waals surface area contributed by atoms with Crippen LogP contribution in [-0.2, 0) is 0 Å². The van der Waals surface area contributed by atoms with Gasteiger partial charge in [-0.05, 0) is 28.7 Å². The summed E-state index contributed by atoms with van der Waals surface area (Å²) >= 11 is 5.60. The molecule has 0 fully saturated rings. The van der Waals surface area contributed by atoms with Crippen molar-refractivity contribution in [2.24, 2.45) is 16.1 Å². The Hall–Kier alpha value is 0.0300. The molecular weight excluding hydrogens is 319 g/mol. The van der Waals surface area contributed by atoms with E-state index in [4.69, 9.17) is 0 Å². The van der Waals surface area contributed by atoms with Gasteiger partial charge < -0.3 is 0 Å². The molecular formula is C7H4BrIN2. The summed E-state index contributed by atoms with van der Waals surface area (Å²) in [4.78, 5) is 0. The van der Waals surface area contributed by atoms with Crippen LogP contribution in [-0.4, -0.2) is 9.43 Å². The second-order valence-corrected chi connectivity index (χ2v) is 4.33. The predicted octanol–water partition coefficient (Wildman–Crippen LogP) is 2.65. The van der Waals surface area contributed by atoms with Crippen molar-refractivity contribution < 1.29 is 0 Å². The third-order valence-corrected chi connectivity index (χ3v) is 2.95. The van der Waals surface area contributed by atoms with E-state index in [0.717, 1.165) is 13.9 Å². The van der Waals surface area contributed by atoms with Gasteiger partial charge >= 0.3 is 0 Å². The summed E-state index contributed by atoms with van der Waals surface area (Å²) < 4.78 is 2.11. The van der Waals surface area contributed by atoms with E-state index in [-0.39, 0.29) is 0 Å². The summed E-state index contributed by atoms with van der Waals surface area (Å²) in [5.74, 6) is 0.317. The van der Waals surface area contributed by atoms with Gasteiger partial charge in [-0.1, -0.05) is 28.1 Å². The first kappa shape index (κ1) is 7.67. The summed E-state index contributed by atoms with van der Waals surface area (Å²) in [6.45, 7) is 0. The highest BCUT2D eigenvalue weighted by molar-refractivity contribution is 14.1. The molecule has 0 unspecified atom stereocenters. The van der Waals surface area contributed by atoms with Crippen molar-refractivity contribution in [2.45, 2.75) is 0 Å². The van der Waals surface area contributed by atoms with E-state index in [9.17, 15) is 0 Å². The molecule has 56 valence electrons. The van der Waals surface area contributed by atoms with Crippen LogP contribution in [0.3, 0.4) is 0 Å². The number of fused-ring (bicyclic) bond motifs is 1. The minimum absolute atomic E-state index is 0.317. The Bertz CT molecular complexity index is 314. The maximum atomic E-state index is 4.03. The van der Waals surface area contributed by atoms with Crippen LogP contribution in [0.15, 0.2) is 32.9 Å². The molecule has 2 aliphatic rings. The van der Waals surface area contributed by atoms with Crippen molar-refractivity contribution >= 4 is 48.0 Å². The van der Waals surface area contributed by atoms with Crippen LogP contribution in [0.1, 0.15) is 0 Å². The molecule has 0 aromatic heterocycles. The Morgan fingerprint density at radius 1 is 1.45 bits per heavy atom. The van der Waals surface area contributed by atoms with Crippen LogP contribution < -0.4 is 0 Å². The summed E-state index contributed by atoms with van der Waals surface area (Å²) in [5, 5.41) is 8.02. The quantitative estimate of drug-likeness (QED) is 0.613. The van der Waals surface area contributed by atoms with E-state index in [0.29, 0.717) is 5.92 Å². The molecule has 0 aromatic carbocycles. The van der Waals surface area contributed by atoms with Crippen LogP contribution in [0.4, 0.5) is 0 Å². The van der Waals surface area contributed by atoms with E-state index in [1.807, 2.05) is 12.2 Å². The highest BCUT2D eigenvalue weighted by atomic mass is 127. The van der Waals surface area contributed by atoms with Crippen molar-refractivity contribution in [1.29, 1.82) is 0 Å². The molecule has 0 bridgehead atoms. The molecule has 0 amide bonds.